The SMILES string of the molecule is COc1ccc(CN(CCCl)C(C)C)cc1. The predicted octanol–water partition coefficient (Wildman–Crippen LogP) is 3.14. The summed E-state index contributed by atoms with van der Waals surface area (Å²) in [6, 6.07) is 8.70. The van der Waals surface area contributed by atoms with Crippen molar-refractivity contribution in [2.75, 3.05) is 19.5 Å². The van der Waals surface area contributed by atoms with Gasteiger partial charge < -0.3 is 4.74 Å². The molecule has 0 amide bonds. The molecular formula is C13H20ClNO. The van der Waals surface area contributed by atoms with Gasteiger partial charge in [-0.05, 0) is 31.5 Å². The van der Waals surface area contributed by atoms with E-state index in [9.17, 15) is 0 Å². The second-order valence-corrected chi connectivity index (χ2v) is 4.48. The average Bonchev–Trinajstić information content (AvgIpc) is 2.29. The van der Waals surface area contributed by atoms with Crippen molar-refractivity contribution in [2.45, 2.75) is 26.4 Å². The Hall–Kier alpha value is -0.730. The van der Waals surface area contributed by atoms with Gasteiger partial charge in [0.1, 0.15) is 5.75 Å². The van der Waals surface area contributed by atoms with Gasteiger partial charge in [-0.15, -0.1) is 11.6 Å². The Balaban J connectivity index is 2.62. The summed E-state index contributed by atoms with van der Waals surface area (Å²) in [6.07, 6.45) is 0. The number of methoxy groups -OCH3 is 1. The number of ether oxygens (including phenoxy) is 1. The van der Waals surface area contributed by atoms with Crippen molar-refractivity contribution in [3.8, 4) is 5.75 Å². The fraction of sp³-hybridized carbons (Fsp3) is 0.538. The van der Waals surface area contributed by atoms with Gasteiger partial charge in [0.15, 0.2) is 0 Å². The molecule has 0 aliphatic carbocycles. The van der Waals surface area contributed by atoms with Gasteiger partial charge in [0, 0.05) is 25.0 Å². The molecule has 0 aliphatic heterocycles. The zero-order chi connectivity index (χ0) is 12.0. The Labute approximate surface area is 103 Å². The van der Waals surface area contributed by atoms with E-state index in [2.05, 4.69) is 30.9 Å². The van der Waals surface area contributed by atoms with E-state index >= 15 is 0 Å². The highest BCUT2D eigenvalue weighted by atomic mass is 35.5. The molecule has 1 aromatic rings. The first kappa shape index (κ1) is 13.3. The molecule has 0 spiro atoms. The number of halogens is 1. The second kappa shape index (κ2) is 6.77. The summed E-state index contributed by atoms with van der Waals surface area (Å²) >= 11 is 5.79. The topological polar surface area (TPSA) is 12.5 Å². The van der Waals surface area contributed by atoms with Crippen LogP contribution in [0.25, 0.3) is 0 Å². The number of nitrogens with zero attached hydrogens (tertiary/aromatic N) is 1. The van der Waals surface area contributed by atoms with Crippen molar-refractivity contribution in [1.82, 2.24) is 4.90 Å². The number of hydrogen-bond acceptors (Lipinski definition) is 2. The average molecular weight is 242 g/mol. The van der Waals surface area contributed by atoms with Gasteiger partial charge in [0.25, 0.3) is 0 Å². The van der Waals surface area contributed by atoms with E-state index < -0.39 is 0 Å². The van der Waals surface area contributed by atoms with Crippen molar-refractivity contribution < 1.29 is 4.74 Å². The molecule has 0 aromatic heterocycles. The van der Waals surface area contributed by atoms with Crippen LogP contribution in [0.4, 0.5) is 0 Å². The summed E-state index contributed by atoms with van der Waals surface area (Å²) in [6.45, 7) is 6.24. The van der Waals surface area contributed by atoms with Gasteiger partial charge in [-0.25, -0.2) is 0 Å². The smallest absolute Gasteiger partial charge is 0.118 e. The minimum atomic E-state index is 0.515. The summed E-state index contributed by atoms with van der Waals surface area (Å²) in [4.78, 5) is 2.36. The summed E-state index contributed by atoms with van der Waals surface area (Å²) in [5.41, 5.74) is 1.29. The quantitative estimate of drug-likeness (QED) is 0.710. The maximum Gasteiger partial charge on any atom is 0.118 e. The monoisotopic (exact) mass is 241 g/mol. The minimum Gasteiger partial charge on any atom is -0.497 e. The maximum absolute atomic E-state index is 5.79. The van der Waals surface area contributed by atoms with Crippen LogP contribution >= 0.6 is 11.6 Å². The zero-order valence-corrected chi connectivity index (χ0v) is 11.0. The number of benzene rings is 1. The van der Waals surface area contributed by atoms with E-state index in [0.717, 1.165) is 18.8 Å². The molecule has 90 valence electrons. The van der Waals surface area contributed by atoms with E-state index in [0.29, 0.717) is 11.9 Å². The minimum absolute atomic E-state index is 0.515. The highest BCUT2D eigenvalue weighted by molar-refractivity contribution is 6.18. The third kappa shape index (κ3) is 4.03. The van der Waals surface area contributed by atoms with Crippen molar-refractivity contribution in [1.29, 1.82) is 0 Å². The van der Waals surface area contributed by atoms with E-state index in [4.69, 9.17) is 16.3 Å². The molecule has 0 saturated heterocycles. The molecule has 0 heterocycles. The van der Waals surface area contributed by atoms with Crippen LogP contribution in [-0.2, 0) is 6.54 Å². The number of alkyl halides is 1. The van der Waals surface area contributed by atoms with Crippen LogP contribution < -0.4 is 4.74 Å². The van der Waals surface area contributed by atoms with E-state index in [1.54, 1.807) is 7.11 Å². The summed E-state index contributed by atoms with van der Waals surface area (Å²) in [5, 5.41) is 0. The molecule has 2 nitrogen and oxygen atoms in total. The molecule has 16 heavy (non-hydrogen) atoms. The fourth-order valence-electron chi connectivity index (χ4n) is 1.59. The van der Waals surface area contributed by atoms with Crippen LogP contribution in [0, 0.1) is 0 Å². The van der Waals surface area contributed by atoms with Crippen LogP contribution in [0.2, 0.25) is 0 Å². The maximum atomic E-state index is 5.79. The molecule has 0 aliphatic rings. The van der Waals surface area contributed by atoms with Crippen molar-refractivity contribution in [3.63, 3.8) is 0 Å². The lowest BCUT2D eigenvalue weighted by molar-refractivity contribution is 0.226. The summed E-state index contributed by atoms with van der Waals surface area (Å²) in [5.74, 6) is 1.58. The number of hydrogen-bond donors (Lipinski definition) is 0. The Morgan fingerprint density at radius 2 is 1.88 bits per heavy atom. The van der Waals surface area contributed by atoms with Gasteiger partial charge in [0.05, 0.1) is 7.11 Å². The van der Waals surface area contributed by atoms with E-state index in [1.807, 2.05) is 12.1 Å². The normalized spacial score (nSPS) is 11.1. The Morgan fingerprint density at radius 3 is 2.31 bits per heavy atom. The first-order chi connectivity index (χ1) is 7.67. The standard InChI is InChI=1S/C13H20ClNO/c1-11(2)15(9-8-14)10-12-4-6-13(16-3)7-5-12/h4-7,11H,8-10H2,1-3H3. The molecular weight excluding hydrogens is 222 g/mol. The van der Waals surface area contributed by atoms with Gasteiger partial charge in [-0.1, -0.05) is 12.1 Å². The Bertz CT molecular complexity index is 297. The lowest BCUT2D eigenvalue weighted by atomic mass is 10.2. The van der Waals surface area contributed by atoms with Crippen LogP contribution in [0.15, 0.2) is 24.3 Å². The largest absolute Gasteiger partial charge is 0.497 e. The van der Waals surface area contributed by atoms with Gasteiger partial charge >= 0.3 is 0 Å². The molecule has 0 bridgehead atoms. The highest BCUT2D eigenvalue weighted by Gasteiger charge is 2.09. The predicted molar refractivity (Wildman–Crippen MR) is 69.3 cm³/mol. The lowest BCUT2D eigenvalue weighted by Gasteiger charge is -2.25. The van der Waals surface area contributed by atoms with E-state index in [1.165, 1.54) is 5.56 Å². The molecule has 0 atom stereocenters. The molecule has 0 fully saturated rings. The molecule has 0 unspecified atom stereocenters. The third-order valence-electron chi connectivity index (χ3n) is 2.65. The zero-order valence-electron chi connectivity index (χ0n) is 10.2. The van der Waals surface area contributed by atoms with Crippen molar-refractivity contribution in [2.24, 2.45) is 0 Å². The Morgan fingerprint density at radius 1 is 1.25 bits per heavy atom. The van der Waals surface area contributed by atoms with Crippen molar-refractivity contribution >= 4 is 11.6 Å². The molecule has 3 heteroatoms. The first-order valence-electron chi connectivity index (χ1n) is 5.60. The molecule has 0 radical (unpaired) electrons. The van der Waals surface area contributed by atoms with Crippen LogP contribution in [0.3, 0.4) is 0 Å². The van der Waals surface area contributed by atoms with Crippen LogP contribution in [0.5, 0.6) is 5.75 Å². The van der Waals surface area contributed by atoms with Gasteiger partial charge in [0.2, 0.25) is 0 Å². The lowest BCUT2D eigenvalue weighted by Crippen LogP contribution is -2.32. The summed E-state index contributed by atoms with van der Waals surface area (Å²) in [7, 11) is 1.68. The third-order valence-corrected chi connectivity index (χ3v) is 2.82. The molecule has 1 rings (SSSR count). The Kier molecular flexibility index (Phi) is 5.64. The summed E-state index contributed by atoms with van der Waals surface area (Å²) < 4.78 is 5.13. The van der Waals surface area contributed by atoms with Crippen LogP contribution in [0.1, 0.15) is 19.4 Å². The highest BCUT2D eigenvalue weighted by Crippen LogP contribution is 2.14. The molecule has 0 saturated carbocycles. The van der Waals surface area contributed by atoms with Crippen LogP contribution in [-0.4, -0.2) is 30.5 Å². The number of rotatable bonds is 6. The van der Waals surface area contributed by atoms with Crippen molar-refractivity contribution in [3.05, 3.63) is 29.8 Å². The van der Waals surface area contributed by atoms with Gasteiger partial charge in [-0.3, -0.25) is 4.90 Å². The van der Waals surface area contributed by atoms with Gasteiger partial charge in [-0.2, -0.15) is 0 Å². The van der Waals surface area contributed by atoms with E-state index in [-0.39, 0.29) is 0 Å². The second-order valence-electron chi connectivity index (χ2n) is 4.10. The molecule has 1 aromatic carbocycles. The first-order valence-corrected chi connectivity index (χ1v) is 6.13. The molecule has 0 N–H and O–H groups in total. The fourth-order valence-corrected chi connectivity index (χ4v) is 1.81.